The molecule has 0 spiro atoms. The second-order valence-corrected chi connectivity index (χ2v) is 5.86. The molecule has 3 N–H and O–H groups in total. The second kappa shape index (κ2) is 6.43. The molecular weight excluding hydrogens is 260 g/mol. The summed E-state index contributed by atoms with van der Waals surface area (Å²) in [5, 5.41) is 15.0. The van der Waals surface area contributed by atoms with Gasteiger partial charge in [-0.1, -0.05) is 19.3 Å². The monoisotopic (exact) mass is 284 g/mol. The minimum Gasteiger partial charge on any atom is -0.480 e. The first kappa shape index (κ1) is 15.1. The molecule has 2 aliphatic rings. The Morgan fingerprint density at radius 3 is 2.45 bits per heavy atom. The molecule has 2 amide bonds. The SMILES string of the molecule is COC1CCCC1NC(=O)NC1(C(=O)O)CCCCC1. The van der Waals surface area contributed by atoms with E-state index < -0.39 is 11.5 Å². The van der Waals surface area contributed by atoms with E-state index >= 15 is 0 Å². The van der Waals surface area contributed by atoms with E-state index in [4.69, 9.17) is 4.74 Å². The van der Waals surface area contributed by atoms with Crippen LogP contribution >= 0.6 is 0 Å². The first-order valence-electron chi connectivity index (χ1n) is 7.42. The summed E-state index contributed by atoms with van der Waals surface area (Å²) in [4.78, 5) is 23.6. The van der Waals surface area contributed by atoms with Crippen LogP contribution in [0.25, 0.3) is 0 Å². The molecule has 20 heavy (non-hydrogen) atoms. The predicted octanol–water partition coefficient (Wildman–Crippen LogP) is 1.64. The van der Waals surface area contributed by atoms with Crippen LogP contribution in [0.5, 0.6) is 0 Å². The average Bonchev–Trinajstić information content (AvgIpc) is 2.86. The lowest BCUT2D eigenvalue weighted by Crippen LogP contribution is -2.59. The van der Waals surface area contributed by atoms with Gasteiger partial charge in [0.2, 0.25) is 0 Å². The van der Waals surface area contributed by atoms with Gasteiger partial charge >= 0.3 is 12.0 Å². The van der Waals surface area contributed by atoms with E-state index in [1.807, 2.05) is 0 Å². The lowest BCUT2D eigenvalue weighted by molar-refractivity contribution is -0.145. The first-order valence-corrected chi connectivity index (χ1v) is 7.42. The van der Waals surface area contributed by atoms with Crippen LogP contribution in [0.4, 0.5) is 4.79 Å². The molecule has 0 radical (unpaired) electrons. The third-order valence-corrected chi connectivity index (χ3v) is 4.54. The Morgan fingerprint density at radius 1 is 1.15 bits per heavy atom. The van der Waals surface area contributed by atoms with Crippen LogP contribution in [-0.4, -0.2) is 41.9 Å². The fraction of sp³-hybridized carbons (Fsp3) is 0.857. The lowest BCUT2D eigenvalue weighted by Gasteiger charge is -2.34. The highest BCUT2D eigenvalue weighted by Gasteiger charge is 2.41. The molecule has 0 aromatic heterocycles. The first-order chi connectivity index (χ1) is 9.57. The number of hydrogen-bond acceptors (Lipinski definition) is 3. The molecule has 2 aliphatic carbocycles. The molecule has 0 aromatic carbocycles. The Balaban J connectivity index is 1.93. The fourth-order valence-electron chi connectivity index (χ4n) is 3.34. The zero-order valence-electron chi connectivity index (χ0n) is 12.0. The maximum atomic E-state index is 12.1. The van der Waals surface area contributed by atoms with Crippen LogP contribution in [0.1, 0.15) is 51.4 Å². The molecule has 6 heteroatoms. The smallest absolute Gasteiger partial charge is 0.329 e. The number of carbonyl (C=O) groups excluding carboxylic acids is 1. The van der Waals surface area contributed by atoms with Gasteiger partial charge in [-0.25, -0.2) is 9.59 Å². The number of amides is 2. The van der Waals surface area contributed by atoms with Gasteiger partial charge in [0.15, 0.2) is 0 Å². The van der Waals surface area contributed by atoms with Gasteiger partial charge in [-0.2, -0.15) is 0 Å². The molecule has 114 valence electrons. The number of rotatable bonds is 4. The van der Waals surface area contributed by atoms with Crippen molar-refractivity contribution in [1.29, 1.82) is 0 Å². The number of carboxylic acids is 1. The molecule has 0 bridgehead atoms. The van der Waals surface area contributed by atoms with Crippen molar-refractivity contribution in [3.8, 4) is 0 Å². The van der Waals surface area contributed by atoms with Gasteiger partial charge in [0.25, 0.3) is 0 Å². The minimum atomic E-state index is -1.09. The summed E-state index contributed by atoms with van der Waals surface area (Å²) in [5.41, 5.74) is -1.09. The zero-order chi connectivity index (χ0) is 14.6. The van der Waals surface area contributed by atoms with E-state index in [9.17, 15) is 14.7 Å². The van der Waals surface area contributed by atoms with Crippen LogP contribution in [0.3, 0.4) is 0 Å². The van der Waals surface area contributed by atoms with E-state index in [-0.39, 0.29) is 18.2 Å². The Labute approximate surface area is 119 Å². The number of urea groups is 1. The van der Waals surface area contributed by atoms with E-state index in [0.29, 0.717) is 12.8 Å². The Morgan fingerprint density at radius 2 is 1.85 bits per heavy atom. The van der Waals surface area contributed by atoms with Crippen molar-refractivity contribution < 1.29 is 19.4 Å². The number of carbonyl (C=O) groups is 2. The predicted molar refractivity (Wildman–Crippen MR) is 73.6 cm³/mol. The highest BCUT2D eigenvalue weighted by molar-refractivity contribution is 5.86. The molecule has 2 unspecified atom stereocenters. The summed E-state index contributed by atoms with van der Waals surface area (Å²) >= 11 is 0. The summed E-state index contributed by atoms with van der Waals surface area (Å²) in [6.07, 6.45) is 6.61. The van der Waals surface area contributed by atoms with Gasteiger partial charge in [-0.05, 0) is 32.1 Å². The van der Waals surface area contributed by atoms with Crippen molar-refractivity contribution in [1.82, 2.24) is 10.6 Å². The lowest BCUT2D eigenvalue weighted by atomic mass is 9.82. The molecular formula is C14H24N2O4. The number of nitrogens with one attached hydrogen (secondary N) is 2. The molecule has 6 nitrogen and oxygen atoms in total. The van der Waals surface area contributed by atoms with E-state index in [0.717, 1.165) is 38.5 Å². The number of aliphatic carboxylic acids is 1. The maximum absolute atomic E-state index is 12.1. The number of hydrogen-bond donors (Lipinski definition) is 3. The van der Waals surface area contributed by atoms with Crippen molar-refractivity contribution >= 4 is 12.0 Å². The van der Waals surface area contributed by atoms with Crippen LogP contribution in [0, 0.1) is 0 Å². The maximum Gasteiger partial charge on any atom is 0.329 e. The molecule has 2 rings (SSSR count). The van der Waals surface area contributed by atoms with Gasteiger partial charge in [0.05, 0.1) is 12.1 Å². The number of methoxy groups -OCH3 is 1. The van der Waals surface area contributed by atoms with Crippen molar-refractivity contribution in [3.05, 3.63) is 0 Å². The average molecular weight is 284 g/mol. The normalized spacial score (nSPS) is 28.9. The van der Waals surface area contributed by atoms with E-state index in [1.165, 1.54) is 0 Å². The summed E-state index contributed by atoms with van der Waals surface area (Å²) < 4.78 is 5.33. The standard InChI is InChI=1S/C14H24N2O4/c1-20-11-7-5-6-10(11)15-13(19)16-14(12(17)18)8-3-2-4-9-14/h10-11H,2-9H2,1H3,(H,17,18)(H2,15,16,19). The summed E-state index contributed by atoms with van der Waals surface area (Å²) in [7, 11) is 1.64. The van der Waals surface area contributed by atoms with Crippen LogP contribution < -0.4 is 10.6 Å². The van der Waals surface area contributed by atoms with Crippen LogP contribution in [0.2, 0.25) is 0 Å². The topological polar surface area (TPSA) is 87.7 Å². The minimum absolute atomic E-state index is 0.0190. The van der Waals surface area contributed by atoms with Crippen molar-refractivity contribution in [2.75, 3.05) is 7.11 Å². The molecule has 0 heterocycles. The van der Waals surface area contributed by atoms with E-state index in [1.54, 1.807) is 7.11 Å². The highest BCUT2D eigenvalue weighted by atomic mass is 16.5. The highest BCUT2D eigenvalue weighted by Crippen LogP contribution is 2.28. The van der Waals surface area contributed by atoms with E-state index in [2.05, 4.69) is 10.6 Å². The molecule has 2 fully saturated rings. The Kier molecular flexibility index (Phi) is 4.86. The largest absolute Gasteiger partial charge is 0.480 e. The molecule has 0 aromatic rings. The number of carboxylic acid groups (broad SMARTS) is 1. The van der Waals surface area contributed by atoms with Crippen molar-refractivity contribution in [2.24, 2.45) is 0 Å². The second-order valence-electron chi connectivity index (χ2n) is 5.86. The van der Waals surface area contributed by atoms with Gasteiger partial charge < -0.3 is 20.5 Å². The van der Waals surface area contributed by atoms with Gasteiger partial charge in [-0.3, -0.25) is 0 Å². The van der Waals surface area contributed by atoms with Crippen LogP contribution in [-0.2, 0) is 9.53 Å². The summed E-state index contributed by atoms with van der Waals surface area (Å²) in [6.45, 7) is 0. The summed E-state index contributed by atoms with van der Waals surface area (Å²) in [6, 6.07) is -0.405. The fourth-order valence-corrected chi connectivity index (χ4v) is 3.34. The molecule has 0 aliphatic heterocycles. The van der Waals surface area contributed by atoms with Crippen LogP contribution in [0.15, 0.2) is 0 Å². The third-order valence-electron chi connectivity index (χ3n) is 4.54. The Hall–Kier alpha value is -1.30. The van der Waals surface area contributed by atoms with Crippen molar-refractivity contribution in [3.63, 3.8) is 0 Å². The quantitative estimate of drug-likeness (QED) is 0.732. The zero-order valence-corrected chi connectivity index (χ0v) is 12.0. The van der Waals surface area contributed by atoms with Gasteiger partial charge in [0, 0.05) is 7.11 Å². The number of ether oxygens (including phenoxy) is 1. The van der Waals surface area contributed by atoms with Crippen molar-refractivity contribution in [2.45, 2.75) is 69.1 Å². The Bertz CT molecular complexity index is 366. The third kappa shape index (κ3) is 3.23. The van der Waals surface area contributed by atoms with Gasteiger partial charge in [-0.15, -0.1) is 0 Å². The summed E-state index contributed by atoms with van der Waals surface area (Å²) in [5.74, 6) is -0.929. The molecule has 0 saturated heterocycles. The molecule has 2 atom stereocenters. The molecule has 2 saturated carbocycles. The van der Waals surface area contributed by atoms with Gasteiger partial charge in [0.1, 0.15) is 5.54 Å².